The molecule has 0 aliphatic carbocycles. The van der Waals surface area contributed by atoms with Crippen LogP contribution >= 0.6 is 27.3 Å². The van der Waals surface area contributed by atoms with Crippen molar-refractivity contribution in [2.75, 3.05) is 6.54 Å². The normalized spacial score (nSPS) is 10.2. The number of rotatable bonds is 4. The molecule has 0 bridgehead atoms. The number of carbonyl (C=O) groups is 1. The van der Waals surface area contributed by atoms with Gasteiger partial charge in [0.25, 0.3) is 5.91 Å². The summed E-state index contributed by atoms with van der Waals surface area (Å²) in [5.41, 5.74) is 3.40. The van der Waals surface area contributed by atoms with Gasteiger partial charge in [0.15, 0.2) is 0 Å². The SMILES string of the molecule is O=C(NCCc1cscn1)c1ccnc(Br)c1. The quantitative estimate of drug-likeness (QED) is 0.881. The van der Waals surface area contributed by atoms with Crippen LogP contribution in [0.4, 0.5) is 0 Å². The van der Waals surface area contributed by atoms with Crippen molar-refractivity contribution in [2.24, 2.45) is 0 Å². The molecule has 0 saturated heterocycles. The van der Waals surface area contributed by atoms with Gasteiger partial charge < -0.3 is 5.32 Å². The molecule has 1 N–H and O–H groups in total. The number of thiazole rings is 1. The van der Waals surface area contributed by atoms with Gasteiger partial charge in [-0.15, -0.1) is 11.3 Å². The maximum atomic E-state index is 11.7. The van der Waals surface area contributed by atoms with Crippen LogP contribution in [0.25, 0.3) is 0 Å². The summed E-state index contributed by atoms with van der Waals surface area (Å²) in [5.74, 6) is -0.0941. The lowest BCUT2D eigenvalue weighted by Crippen LogP contribution is -2.25. The molecule has 6 heteroatoms. The molecule has 0 aromatic carbocycles. The Balaban J connectivity index is 1.85. The number of aromatic nitrogens is 2. The molecular weight excluding hydrogens is 302 g/mol. The fourth-order valence-corrected chi connectivity index (χ4v) is 2.27. The van der Waals surface area contributed by atoms with Gasteiger partial charge in [-0.3, -0.25) is 4.79 Å². The van der Waals surface area contributed by atoms with Crippen molar-refractivity contribution in [1.29, 1.82) is 0 Å². The largest absolute Gasteiger partial charge is 0.352 e. The van der Waals surface area contributed by atoms with Crippen molar-refractivity contribution in [3.05, 3.63) is 45.1 Å². The van der Waals surface area contributed by atoms with E-state index in [1.54, 1.807) is 35.2 Å². The van der Waals surface area contributed by atoms with E-state index in [0.717, 1.165) is 12.1 Å². The zero-order valence-corrected chi connectivity index (χ0v) is 11.3. The van der Waals surface area contributed by atoms with Crippen molar-refractivity contribution in [3.63, 3.8) is 0 Å². The Kier molecular flexibility index (Phi) is 4.22. The van der Waals surface area contributed by atoms with E-state index in [4.69, 9.17) is 0 Å². The third-order valence-corrected chi connectivity index (χ3v) is 3.21. The van der Waals surface area contributed by atoms with Gasteiger partial charge in [-0.2, -0.15) is 0 Å². The van der Waals surface area contributed by atoms with E-state index >= 15 is 0 Å². The van der Waals surface area contributed by atoms with E-state index in [1.165, 1.54) is 0 Å². The minimum atomic E-state index is -0.0941. The molecule has 2 aromatic rings. The Labute approximate surface area is 111 Å². The van der Waals surface area contributed by atoms with E-state index < -0.39 is 0 Å². The molecule has 2 heterocycles. The first kappa shape index (κ1) is 12.2. The number of carbonyl (C=O) groups excluding carboxylic acids is 1. The van der Waals surface area contributed by atoms with Crippen molar-refractivity contribution < 1.29 is 4.79 Å². The lowest BCUT2D eigenvalue weighted by molar-refractivity contribution is 0.0954. The summed E-state index contributed by atoms with van der Waals surface area (Å²) in [5, 5.41) is 4.82. The number of nitrogens with zero attached hydrogens (tertiary/aromatic N) is 2. The highest BCUT2D eigenvalue weighted by Gasteiger charge is 2.05. The highest BCUT2D eigenvalue weighted by Crippen LogP contribution is 2.07. The van der Waals surface area contributed by atoms with Gasteiger partial charge in [0.1, 0.15) is 4.60 Å². The summed E-state index contributed by atoms with van der Waals surface area (Å²) in [6.07, 6.45) is 2.35. The molecule has 0 unspecified atom stereocenters. The standard InChI is InChI=1S/C11H10BrN3OS/c12-10-5-8(1-3-13-10)11(16)14-4-2-9-6-17-7-15-9/h1,3,5-7H,2,4H2,(H,14,16). The van der Waals surface area contributed by atoms with Gasteiger partial charge >= 0.3 is 0 Å². The Morgan fingerprint density at radius 2 is 2.35 bits per heavy atom. The Morgan fingerprint density at radius 1 is 1.47 bits per heavy atom. The van der Waals surface area contributed by atoms with Crippen LogP contribution < -0.4 is 5.32 Å². The summed E-state index contributed by atoms with van der Waals surface area (Å²) >= 11 is 4.79. The number of amides is 1. The fourth-order valence-electron chi connectivity index (χ4n) is 1.31. The zero-order valence-electron chi connectivity index (χ0n) is 8.89. The summed E-state index contributed by atoms with van der Waals surface area (Å²) in [6.45, 7) is 0.586. The topological polar surface area (TPSA) is 54.9 Å². The lowest BCUT2D eigenvalue weighted by atomic mass is 10.2. The third-order valence-electron chi connectivity index (χ3n) is 2.14. The van der Waals surface area contributed by atoms with Crippen molar-refractivity contribution in [3.8, 4) is 0 Å². The number of halogens is 1. The molecule has 88 valence electrons. The predicted octanol–water partition coefficient (Wildman–Crippen LogP) is 2.27. The van der Waals surface area contributed by atoms with Crippen molar-refractivity contribution >= 4 is 33.2 Å². The van der Waals surface area contributed by atoms with Gasteiger partial charge in [0.05, 0.1) is 11.2 Å². The summed E-state index contributed by atoms with van der Waals surface area (Å²) in [4.78, 5) is 19.9. The second-order valence-electron chi connectivity index (χ2n) is 3.35. The number of hydrogen-bond acceptors (Lipinski definition) is 4. The van der Waals surface area contributed by atoms with E-state index in [1.807, 2.05) is 5.38 Å². The Bertz CT molecular complexity index is 501. The minimum absolute atomic E-state index is 0.0941. The van der Waals surface area contributed by atoms with Crippen LogP contribution in [0.2, 0.25) is 0 Å². The minimum Gasteiger partial charge on any atom is -0.352 e. The molecule has 2 rings (SSSR count). The van der Waals surface area contributed by atoms with Crippen molar-refractivity contribution in [2.45, 2.75) is 6.42 Å². The van der Waals surface area contributed by atoms with Crippen LogP contribution in [-0.4, -0.2) is 22.4 Å². The van der Waals surface area contributed by atoms with E-state index in [-0.39, 0.29) is 5.91 Å². The maximum absolute atomic E-state index is 11.7. The van der Waals surface area contributed by atoms with Crippen LogP contribution in [0, 0.1) is 0 Å². The molecule has 0 spiro atoms. The van der Waals surface area contributed by atoms with E-state index in [0.29, 0.717) is 16.7 Å². The van der Waals surface area contributed by atoms with E-state index in [9.17, 15) is 4.79 Å². The highest BCUT2D eigenvalue weighted by atomic mass is 79.9. The number of hydrogen-bond donors (Lipinski definition) is 1. The van der Waals surface area contributed by atoms with Gasteiger partial charge in [0, 0.05) is 30.1 Å². The van der Waals surface area contributed by atoms with Crippen LogP contribution in [0.15, 0.2) is 33.8 Å². The third kappa shape index (κ3) is 3.61. The summed E-state index contributed by atoms with van der Waals surface area (Å²) in [6, 6.07) is 3.38. The van der Waals surface area contributed by atoms with Gasteiger partial charge in [-0.1, -0.05) is 0 Å². The fraction of sp³-hybridized carbons (Fsp3) is 0.182. The highest BCUT2D eigenvalue weighted by molar-refractivity contribution is 9.10. The molecule has 17 heavy (non-hydrogen) atoms. The molecule has 0 radical (unpaired) electrons. The first-order valence-corrected chi connectivity index (χ1v) is 6.76. The first-order chi connectivity index (χ1) is 8.25. The van der Waals surface area contributed by atoms with Crippen LogP contribution in [0.3, 0.4) is 0 Å². The predicted molar refractivity (Wildman–Crippen MR) is 70.1 cm³/mol. The van der Waals surface area contributed by atoms with Gasteiger partial charge in [-0.05, 0) is 28.1 Å². The van der Waals surface area contributed by atoms with Crippen molar-refractivity contribution in [1.82, 2.24) is 15.3 Å². The van der Waals surface area contributed by atoms with Crippen LogP contribution in [-0.2, 0) is 6.42 Å². The Hall–Kier alpha value is -1.27. The second-order valence-corrected chi connectivity index (χ2v) is 4.88. The van der Waals surface area contributed by atoms with Gasteiger partial charge in [-0.25, -0.2) is 9.97 Å². The number of pyridine rings is 1. The Morgan fingerprint density at radius 3 is 3.06 bits per heavy atom. The molecule has 0 saturated carbocycles. The lowest BCUT2D eigenvalue weighted by Gasteiger charge is -2.03. The van der Waals surface area contributed by atoms with Crippen LogP contribution in [0.1, 0.15) is 16.1 Å². The summed E-state index contributed by atoms with van der Waals surface area (Å²) in [7, 11) is 0. The molecule has 1 amide bonds. The zero-order chi connectivity index (χ0) is 12.1. The number of nitrogens with one attached hydrogen (secondary N) is 1. The van der Waals surface area contributed by atoms with Gasteiger partial charge in [0.2, 0.25) is 0 Å². The van der Waals surface area contributed by atoms with E-state index in [2.05, 4.69) is 31.2 Å². The molecular formula is C11H10BrN3OS. The average Bonchev–Trinajstić information content (AvgIpc) is 2.82. The molecule has 0 atom stereocenters. The molecule has 0 aliphatic heterocycles. The first-order valence-electron chi connectivity index (χ1n) is 5.02. The maximum Gasteiger partial charge on any atom is 0.251 e. The molecule has 4 nitrogen and oxygen atoms in total. The molecule has 2 aromatic heterocycles. The molecule has 0 aliphatic rings. The van der Waals surface area contributed by atoms with Crippen LogP contribution in [0.5, 0.6) is 0 Å². The summed E-state index contributed by atoms with van der Waals surface area (Å²) < 4.78 is 0.657. The second kappa shape index (κ2) is 5.88. The smallest absolute Gasteiger partial charge is 0.251 e. The monoisotopic (exact) mass is 311 g/mol. The average molecular weight is 312 g/mol. The molecule has 0 fully saturated rings.